The number of rotatable bonds is 3. The fourth-order valence-corrected chi connectivity index (χ4v) is 2.34. The van der Waals surface area contributed by atoms with Crippen molar-refractivity contribution in [2.75, 3.05) is 19.8 Å². The molecule has 1 aromatic rings. The molecule has 0 spiro atoms. The Labute approximate surface area is 96.2 Å². The molecule has 16 heavy (non-hydrogen) atoms. The summed E-state index contributed by atoms with van der Waals surface area (Å²) in [6.07, 6.45) is 1.99. The first-order valence-electron chi connectivity index (χ1n) is 5.97. The van der Waals surface area contributed by atoms with Crippen molar-refractivity contribution in [1.82, 2.24) is 14.7 Å². The van der Waals surface area contributed by atoms with Gasteiger partial charge in [-0.15, -0.1) is 0 Å². The molecule has 2 rings (SSSR count). The molecule has 1 aliphatic heterocycles. The first kappa shape index (κ1) is 11.6. The van der Waals surface area contributed by atoms with Gasteiger partial charge < -0.3 is 0 Å². The van der Waals surface area contributed by atoms with Crippen LogP contribution < -0.4 is 0 Å². The molecular weight excluding hydrogens is 205 g/mol. The van der Waals surface area contributed by atoms with Gasteiger partial charge in [-0.2, -0.15) is 5.10 Å². The van der Waals surface area contributed by atoms with Crippen molar-refractivity contribution < 1.29 is 4.39 Å². The molecule has 90 valence electrons. The van der Waals surface area contributed by atoms with Gasteiger partial charge in [0, 0.05) is 13.6 Å². The maximum atomic E-state index is 12.5. The summed E-state index contributed by atoms with van der Waals surface area (Å²) in [6, 6.07) is 2.13. The average Bonchev–Trinajstić information content (AvgIpc) is 2.59. The van der Waals surface area contributed by atoms with E-state index < -0.39 is 0 Å². The number of aryl methyl sites for hydroxylation is 2. The van der Waals surface area contributed by atoms with E-state index in [4.69, 9.17) is 0 Å². The van der Waals surface area contributed by atoms with Crippen LogP contribution >= 0.6 is 0 Å². The molecule has 0 bridgehead atoms. The minimum absolute atomic E-state index is 0.154. The Hall–Kier alpha value is -0.900. The largest absolute Gasteiger partial charge is 0.298 e. The highest BCUT2D eigenvalue weighted by atomic mass is 19.1. The summed E-state index contributed by atoms with van der Waals surface area (Å²) in [5, 5.41) is 4.34. The van der Waals surface area contributed by atoms with Crippen molar-refractivity contribution >= 4 is 0 Å². The van der Waals surface area contributed by atoms with Gasteiger partial charge in [-0.25, -0.2) is 0 Å². The predicted molar refractivity (Wildman–Crippen MR) is 61.9 cm³/mol. The van der Waals surface area contributed by atoms with Crippen LogP contribution in [0.1, 0.15) is 24.2 Å². The van der Waals surface area contributed by atoms with Crippen LogP contribution in [0.15, 0.2) is 6.07 Å². The van der Waals surface area contributed by atoms with E-state index in [0.29, 0.717) is 5.92 Å². The fourth-order valence-electron chi connectivity index (χ4n) is 2.34. The van der Waals surface area contributed by atoms with Gasteiger partial charge in [-0.05, 0) is 44.8 Å². The van der Waals surface area contributed by atoms with Crippen molar-refractivity contribution in [2.24, 2.45) is 13.0 Å². The molecule has 2 heterocycles. The fraction of sp³-hybridized carbons (Fsp3) is 0.750. The quantitative estimate of drug-likeness (QED) is 0.783. The second-order valence-corrected chi connectivity index (χ2v) is 4.77. The van der Waals surface area contributed by atoms with Crippen LogP contribution in [0.4, 0.5) is 4.39 Å². The molecule has 1 aliphatic rings. The molecule has 0 amide bonds. The number of hydrogen-bond donors (Lipinski definition) is 0. The van der Waals surface area contributed by atoms with E-state index >= 15 is 0 Å². The SMILES string of the molecule is Cc1cc(CN2CCC(CF)CC2)n(C)n1. The van der Waals surface area contributed by atoms with Crippen molar-refractivity contribution in [3.05, 3.63) is 17.5 Å². The number of hydrogen-bond acceptors (Lipinski definition) is 2. The second kappa shape index (κ2) is 4.95. The van der Waals surface area contributed by atoms with Gasteiger partial charge in [-0.3, -0.25) is 14.0 Å². The van der Waals surface area contributed by atoms with Gasteiger partial charge in [0.25, 0.3) is 0 Å². The van der Waals surface area contributed by atoms with Crippen LogP contribution in [-0.2, 0) is 13.6 Å². The molecule has 0 aliphatic carbocycles. The zero-order valence-corrected chi connectivity index (χ0v) is 10.1. The van der Waals surface area contributed by atoms with Gasteiger partial charge in [0.2, 0.25) is 0 Å². The summed E-state index contributed by atoms with van der Waals surface area (Å²) in [4.78, 5) is 2.39. The standard InChI is InChI=1S/C12H20FN3/c1-10-7-12(15(2)14-10)9-16-5-3-11(8-13)4-6-16/h7,11H,3-6,8-9H2,1-2H3. The molecule has 4 heteroatoms. The Bertz CT molecular complexity index is 340. The topological polar surface area (TPSA) is 21.1 Å². The molecule has 1 saturated heterocycles. The van der Waals surface area contributed by atoms with Crippen LogP contribution in [0.3, 0.4) is 0 Å². The third-order valence-corrected chi connectivity index (χ3v) is 3.41. The van der Waals surface area contributed by atoms with Crippen LogP contribution in [0, 0.1) is 12.8 Å². The highest BCUT2D eigenvalue weighted by molar-refractivity contribution is 5.08. The second-order valence-electron chi connectivity index (χ2n) is 4.77. The monoisotopic (exact) mass is 225 g/mol. The summed E-state index contributed by atoms with van der Waals surface area (Å²) in [6.45, 7) is 4.82. The molecule has 0 aromatic carbocycles. The van der Waals surface area contributed by atoms with Crippen molar-refractivity contribution in [3.63, 3.8) is 0 Å². The smallest absolute Gasteiger partial charge is 0.0923 e. The summed E-state index contributed by atoms with van der Waals surface area (Å²) >= 11 is 0. The minimum Gasteiger partial charge on any atom is -0.298 e. The Morgan fingerprint density at radius 1 is 1.44 bits per heavy atom. The molecule has 1 aromatic heterocycles. The lowest BCUT2D eigenvalue weighted by Gasteiger charge is -2.30. The lowest BCUT2D eigenvalue weighted by molar-refractivity contribution is 0.156. The summed E-state index contributed by atoms with van der Waals surface area (Å²) in [5.74, 6) is 0.296. The minimum atomic E-state index is -0.154. The van der Waals surface area contributed by atoms with E-state index in [2.05, 4.69) is 16.1 Å². The van der Waals surface area contributed by atoms with E-state index in [9.17, 15) is 4.39 Å². The van der Waals surface area contributed by atoms with Crippen LogP contribution in [0.2, 0.25) is 0 Å². The van der Waals surface area contributed by atoms with E-state index in [1.165, 1.54) is 5.69 Å². The zero-order valence-electron chi connectivity index (χ0n) is 10.1. The van der Waals surface area contributed by atoms with Crippen molar-refractivity contribution in [1.29, 1.82) is 0 Å². The third kappa shape index (κ3) is 2.61. The first-order chi connectivity index (χ1) is 7.69. The number of alkyl halides is 1. The number of nitrogens with zero attached hydrogens (tertiary/aromatic N) is 3. The van der Waals surface area contributed by atoms with Gasteiger partial charge in [0.05, 0.1) is 18.1 Å². The van der Waals surface area contributed by atoms with E-state index in [1.54, 1.807) is 0 Å². The Morgan fingerprint density at radius 2 is 2.12 bits per heavy atom. The maximum Gasteiger partial charge on any atom is 0.0923 e. The Kier molecular flexibility index (Phi) is 3.59. The van der Waals surface area contributed by atoms with Crippen molar-refractivity contribution in [3.8, 4) is 0 Å². The van der Waals surface area contributed by atoms with Crippen LogP contribution in [0.25, 0.3) is 0 Å². The van der Waals surface area contributed by atoms with Crippen LogP contribution in [0.5, 0.6) is 0 Å². The summed E-state index contributed by atoms with van der Waals surface area (Å²) in [5.41, 5.74) is 2.31. The Morgan fingerprint density at radius 3 is 2.62 bits per heavy atom. The lowest BCUT2D eigenvalue weighted by atomic mass is 9.98. The molecule has 1 fully saturated rings. The average molecular weight is 225 g/mol. The molecule has 0 saturated carbocycles. The first-order valence-corrected chi connectivity index (χ1v) is 5.97. The van der Waals surface area contributed by atoms with Gasteiger partial charge in [0.1, 0.15) is 0 Å². The third-order valence-electron chi connectivity index (χ3n) is 3.41. The molecule has 0 unspecified atom stereocenters. The molecular formula is C12H20FN3. The molecule has 3 nitrogen and oxygen atoms in total. The molecule has 0 atom stereocenters. The summed E-state index contributed by atoms with van der Waals surface area (Å²) in [7, 11) is 1.98. The van der Waals surface area contributed by atoms with E-state index in [0.717, 1.165) is 38.2 Å². The number of likely N-dealkylation sites (tertiary alicyclic amines) is 1. The van der Waals surface area contributed by atoms with Crippen LogP contribution in [-0.4, -0.2) is 34.4 Å². The summed E-state index contributed by atoms with van der Waals surface area (Å²) < 4.78 is 14.4. The highest BCUT2D eigenvalue weighted by Crippen LogP contribution is 2.19. The normalized spacial score (nSPS) is 19.2. The number of halogens is 1. The Balaban J connectivity index is 1.89. The van der Waals surface area contributed by atoms with Gasteiger partial charge >= 0.3 is 0 Å². The predicted octanol–water partition coefficient (Wildman–Crippen LogP) is 1.91. The zero-order chi connectivity index (χ0) is 11.5. The highest BCUT2D eigenvalue weighted by Gasteiger charge is 2.19. The molecule has 0 radical (unpaired) electrons. The maximum absolute atomic E-state index is 12.5. The van der Waals surface area contributed by atoms with Crippen molar-refractivity contribution in [2.45, 2.75) is 26.3 Å². The number of aromatic nitrogens is 2. The van der Waals surface area contributed by atoms with E-state index in [1.807, 2.05) is 18.7 Å². The van der Waals surface area contributed by atoms with Gasteiger partial charge in [-0.1, -0.05) is 0 Å². The van der Waals surface area contributed by atoms with Gasteiger partial charge in [0.15, 0.2) is 0 Å². The molecule has 0 N–H and O–H groups in total. The van der Waals surface area contributed by atoms with E-state index in [-0.39, 0.29) is 6.67 Å². The lowest BCUT2D eigenvalue weighted by Crippen LogP contribution is -2.34. The number of piperidine rings is 1.